The number of hydrogen-bond acceptors (Lipinski definition) is 4. The third-order valence-electron chi connectivity index (χ3n) is 1.72. The number of halogens is 1. The molecule has 1 atom stereocenters. The lowest BCUT2D eigenvalue weighted by molar-refractivity contribution is -0.155. The Kier molecular flexibility index (Phi) is 4.06. The molecule has 1 aromatic carbocycles. The monoisotopic (exact) mass is 259 g/mol. The van der Waals surface area contributed by atoms with Crippen LogP contribution < -0.4 is 5.90 Å². The lowest BCUT2D eigenvalue weighted by atomic mass is 10.1. The standard InChI is InChI=1S/C9H10BrNO3/c1-13-9(12)8(14-11)6-2-4-7(10)5-3-6/h2-5,8H,11H2,1H3. The first kappa shape index (κ1) is 11.2. The van der Waals surface area contributed by atoms with Crippen molar-refractivity contribution in [3.05, 3.63) is 34.3 Å². The zero-order chi connectivity index (χ0) is 10.6. The van der Waals surface area contributed by atoms with Crippen LogP contribution in [0.15, 0.2) is 28.7 Å². The zero-order valence-corrected chi connectivity index (χ0v) is 9.15. The molecular formula is C9H10BrNO3. The molecule has 0 aromatic heterocycles. The average Bonchev–Trinajstić information content (AvgIpc) is 2.21. The average molecular weight is 260 g/mol. The molecule has 14 heavy (non-hydrogen) atoms. The summed E-state index contributed by atoms with van der Waals surface area (Å²) in [5.74, 6) is 4.49. The van der Waals surface area contributed by atoms with E-state index in [4.69, 9.17) is 5.90 Å². The molecule has 5 heteroatoms. The summed E-state index contributed by atoms with van der Waals surface area (Å²) >= 11 is 3.28. The summed E-state index contributed by atoms with van der Waals surface area (Å²) in [5, 5.41) is 0. The van der Waals surface area contributed by atoms with Crippen molar-refractivity contribution < 1.29 is 14.4 Å². The molecule has 1 unspecified atom stereocenters. The van der Waals surface area contributed by atoms with E-state index < -0.39 is 12.1 Å². The minimum absolute atomic E-state index is 0.519. The number of esters is 1. The molecule has 0 saturated carbocycles. The van der Waals surface area contributed by atoms with Gasteiger partial charge in [0.25, 0.3) is 0 Å². The van der Waals surface area contributed by atoms with Crippen LogP contribution in [0.3, 0.4) is 0 Å². The summed E-state index contributed by atoms with van der Waals surface area (Å²) in [6.45, 7) is 0. The summed E-state index contributed by atoms with van der Waals surface area (Å²) in [4.78, 5) is 15.7. The van der Waals surface area contributed by atoms with Crippen LogP contribution in [0, 0.1) is 0 Å². The maximum atomic E-state index is 11.2. The fraction of sp³-hybridized carbons (Fsp3) is 0.222. The smallest absolute Gasteiger partial charge is 0.341 e. The highest BCUT2D eigenvalue weighted by atomic mass is 79.9. The lowest BCUT2D eigenvalue weighted by Crippen LogP contribution is -2.20. The van der Waals surface area contributed by atoms with E-state index in [1.54, 1.807) is 24.3 Å². The molecule has 0 fully saturated rings. The van der Waals surface area contributed by atoms with Crippen LogP contribution in [-0.2, 0) is 14.4 Å². The molecule has 2 N–H and O–H groups in total. The molecular weight excluding hydrogens is 250 g/mol. The summed E-state index contributed by atoms with van der Waals surface area (Å²) in [5.41, 5.74) is 0.655. The molecule has 0 spiro atoms. The quantitative estimate of drug-likeness (QED) is 0.661. The Morgan fingerprint density at radius 2 is 2.00 bits per heavy atom. The van der Waals surface area contributed by atoms with Crippen molar-refractivity contribution in [3.63, 3.8) is 0 Å². The van der Waals surface area contributed by atoms with Crippen molar-refractivity contribution in [2.45, 2.75) is 6.10 Å². The molecule has 0 aliphatic heterocycles. The molecule has 0 saturated heterocycles. The predicted octanol–water partition coefficient (Wildman–Crippen LogP) is 1.55. The summed E-state index contributed by atoms with van der Waals surface area (Å²) in [7, 11) is 1.28. The molecule has 0 aliphatic carbocycles. The molecule has 1 aromatic rings. The maximum absolute atomic E-state index is 11.2. The maximum Gasteiger partial charge on any atom is 0.341 e. The van der Waals surface area contributed by atoms with Crippen LogP contribution in [-0.4, -0.2) is 13.1 Å². The number of nitrogens with two attached hydrogens (primary N) is 1. The number of ether oxygens (including phenoxy) is 1. The van der Waals surface area contributed by atoms with Gasteiger partial charge in [-0.15, -0.1) is 0 Å². The molecule has 0 heterocycles. The number of hydrogen-bond donors (Lipinski definition) is 1. The van der Waals surface area contributed by atoms with Gasteiger partial charge in [-0.25, -0.2) is 10.7 Å². The van der Waals surface area contributed by atoms with Gasteiger partial charge < -0.3 is 4.74 Å². The lowest BCUT2D eigenvalue weighted by Gasteiger charge is -2.11. The predicted molar refractivity (Wildman–Crippen MR) is 54.2 cm³/mol. The molecule has 76 valence electrons. The largest absolute Gasteiger partial charge is 0.467 e. The van der Waals surface area contributed by atoms with Crippen molar-refractivity contribution in [1.29, 1.82) is 0 Å². The van der Waals surface area contributed by atoms with Gasteiger partial charge in [0.1, 0.15) is 0 Å². The highest BCUT2D eigenvalue weighted by Gasteiger charge is 2.21. The Morgan fingerprint density at radius 3 is 2.43 bits per heavy atom. The van der Waals surface area contributed by atoms with Crippen LogP contribution in [0.1, 0.15) is 11.7 Å². The third-order valence-corrected chi connectivity index (χ3v) is 2.25. The second kappa shape index (κ2) is 5.09. The SMILES string of the molecule is COC(=O)C(ON)c1ccc(Br)cc1. The molecule has 0 aliphatic rings. The summed E-state index contributed by atoms with van der Waals surface area (Å²) in [6.07, 6.45) is -0.867. The zero-order valence-electron chi connectivity index (χ0n) is 7.57. The van der Waals surface area contributed by atoms with Gasteiger partial charge in [0.2, 0.25) is 6.10 Å². The van der Waals surface area contributed by atoms with E-state index in [2.05, 4.69) is 25.5 Å². The van der Waals surface area contributed by atoms with Crippen LogP contribution in [0.5, 0.6) is 0 Å². The van der Waals surface area contributed by atoms with Gasteiger partial charge in [-0.3, -0.25) is 4.84 Å². The van der Waals surface area contributed by atoms with E-state index in [1.165, 1.54) is 7.11 Å². The first-order chi connectivity index (χ1) is 6.69. The summed E-state index contributed by atoms with van der Waals surface area (Å²) in [6, 6.07) is 7.06. The van der Waals surface area contributed by atoms with Crippen molar-refractivity contribution in [3.8, 4) is 0 Å². The van der Waals surface area contributed by atoms with E-state index in [0.29, 0.717) is 5.56 Å². The normalized spacial score (nSPS) is 12.2. The van der Waals surface area contributed by atoms with Gasteiger partial charge >= 0.3 is 5.97 Å². The van der Waals surface area contributed by atoms with Gasteiger partial charge in [-0.1, -0.05) is 28.1 Å². The summed E-state index contributed by atoms with van der Waals surface area (Å²) < 4.78 is 5.45. The van der Waals surface area contributed by atoms with Gasteiger partial charge in [-0.05, 0) is 17.7 Å². The number of methoxy groups -OCH3 is 1. The van der Waals surface area contributed by atoms with Crippen LogP contribution in [0.25, 0.3) is 0 Å². The Hall–Kier alpha value is -0.910. The molecule has 0 bridgehead atoms. The van der Waals surface area contributed by atoms with Crippen LogP contribution >= 0.6 is 15.9 Å². The number of rotatable bonds is 3. The second-order valence-electron chi connectivity index (χ2n) is 2.59. The first-order valence-electron chi connectivity index (χ1n) is 3.88. The third kappa shape index (κ3) is 2.54. The number of benzene rings is 1. The Labute approximate surface area is 90.1 Å². The minimum Gasteiger partial charge on any atom is -0.467 e. The van der Waals surface area contributed by atoms with Gasteiger partial charge in [0, 0.05) is 4.47 Å². The van der Waals surface area contributed by atoms with Crippen molar-refractivity contribution in [2.75, 3.05) is 7.11 Å². The highest BCUT2D eigenvalue weighted by Crippen LogP contribution is 2.19. The minimum atomic E-state index is -0.867. The number of carbonyl (C=O) groups is 1. The van der Waals surface area contributed by atoms with E-state index in [0.717, 1.165) is 4.47 Å². The highest BCUT2D eigenvalue weighted by molar-refractivity contribution is 9.10. The Morgan fingerprint density at radius 1 is 1.43 bits per heavy atom. The molecule has 1 rings (SSSR count). The van der Waals surface area contributed by atoms with E-state index in [1.807, 2.05) is 0 Å². The van der Waals surface area contributed by atoms with E-state index in [-0.39, 0.29) is 0 Å². The fourth-order valence-corrected chi connectivity index (χ4v) is 1.28. The van der Waals surface area contributed by atoms with Crippen molar-refractivity contribution >= 4 is 21.9 Å². The Balaban J connectivity index is 2.89. The van der Waals surface area contributed by atoms with Gasteiger partial charge in [0.15, 0.2) is 0 Å². The van der Waals surface area contributed by atoms with Gasteiger partial charge in [-0.2, -0.15) is 0 Å². The fourth-order valence-electron chi connectivity index (χ4n) is 1.01. The number of carbonyl (C=O) groups excluding carboxylic acids is 1. The van der Waals surface area contributed by atoms with E-state index in [9.17, 15) is 4.79 Å². The van der Waals surface area contributed by atoms with Crippen LogP contribution in [0.4, 0.5) is 0 Å². The molecule has 4 nitrogen and oxygen atoms in total. The van der Waals surface area contributed by atoms with Crippen molar-refractivity contribution in [2.24, 2.45) is 5.90 Å². The van der Waals surface area contributed by atoms with E-state index >= 15 is 0 Å². The van der Waals surface area contributed by atoms with Crippen molar-refractivity contribution in [1.82, 2.24) is 0 Å². The Bertz CT molecular complexity index is 312. The molecule has 0 radical (unpaired) electrons. The van der Waals surface area contributed by atoms with Gasteiger partial charge in [0.05, 0.1) is 7.11 Å². The topological polar surface area (TPSA) is 61.5 Å². The second-order valence-corrected chi connectivity index (χ2v) is 3.51. The first-order valence-corrected chi connectivity index (χ1v) is 4.67. The van der Waals surface area contributed by atoms with Crippen LogP contribution in [0.2, 0.25) is 0 Å². The molecule has 0 amide bonds.